The molecule has 1 atom stereocenters. The summed E-state index contributed by atoms with van der Waals surface area (Å²) >= 11 is 0. The quantitative estimate of drug-likeness (QED) is 0.667. The van der Waals surface area contributed by atoms with Crippen LogP contribution in [0.1, 0.15) is 30.7 Å². The van der Waals surface area contributed by atoms with Crippen molar-refractivity contribution in [2.45, 2.75) is 25.2 Å². The number of rotatable bonds is 6. The molecule has 1 aliphatic rings. The number of nitrogens with one attached hydrogen (secondary N) is 2. The standard InChI is InChI=1S/C14H19N3O2/c15-13(18)7-3-4-8-16-14(19)11-9-17-12-6-2-1-5-10(11)12/h1-2,5-6,11,17H,3-4,7-9H2,(H2,15,18)(H,16,19). The lowest BCUT2D eigenvalue weighted by molar-refractivity contribution is -0.122. The molecule has 1 heterocycles. The maximum Gasteiger partial charge on any atom is 0.229 e. The van der Waals surface area contributed by atoms with Crippen LogP contribution >= 0.6 is 0 Å². The molecule has 0 saturated carbocycles. The molecule has 0 radical (unpaired) electrons. The first kappa shape index (κ1) is 13.4. The lowest BCUT2D eigenvalue weighted by Crippen LogP contribution is -2.31. The zero-order valence-corrected chi connectivity index (χ0v) is 10.8. The second-order valence-corrected chi connectivity index (χ2v) is 4.74. The number of benzene rings is 1. The van der Waals surface area contributed by atoms with E-state index in [4.69, 9.17) is 5.73 Å². The highest BCUT2D eigenvalue weighted by atomic mass is 16.2. The number of nitrogens with two attached hydrogens (primary N) is 1. The van der Waals surface area contributed by atoms with E-state index in [0.717, 1.165) is 24.1 Å². The molecule has 19 heavy (non-hydrogen) atoms. The van der Waals surface area contributed by atoms with Crippen molar-refractivity contribution >= 4 is 17.5 Å². The van der Waals surface area contributed by atoms with E-state index in [9.17, 15) is 9.59 Å². The summed E-state index contributed by atoms with van der Waals surface area (Å²) in [6, 6.07) is 7.86. The number of amides is 2. The Kier molecular flexibility index (Phi) is 4.39. The smallest absolute Gasteiger partial charge is 0.229 e. The van der Waals surface area contributed by atoms with E-state index in [0.29, 0.717) is 19.5 Å². The van der Waals surface area contributed by atoms with Crippen molar-refractivity contribution < 1.29 is 9.59 Å². The molecule has 1 unspecified atom stereocenters. The summed E-state index contributed by atoms with van der Waals surface area (Å²) in [6.07, 6.45) is 1.87. The molecule has 0 spiro atoms. The second-order valence-electron chi connectivity index (χ2n) is 4.74. The molecule has 4 N–H and O–H groups in total. The number of para-hydroxylation sites is 1. The largest absolute Gasteiger partial charge is 0.384 e. The van der Waals surface area contributed by atoms with E-state index in [2.05, 4.69) is 10.6 Å². The number of carbonyl (C=O) groups excluding carboxylic acids is 2. The minimum absolute atomic E-state index is 0.0384. The molecule has 5 nitrogen and oxygen atoms in total. The molecular formula is C14H19N3O2. The van der Waals surface area contributed by atoms with Crippen LogP contribution in [0.3, 0.4) is 0 Å². The maximum absolute atomic E-state index is 12.1. The molecule has 0 bridgehead atoms. The van der Waals surface area contributed by atoms with Gasteiger partial charge in [-0.15, -0.1) is 0 Å². The van der Waals surface area contributed by atoms with Gasteiger partial charge in [0.15, 0.2) is 0 Å². The second kappa shape index (κ2) is 6.22. The fourth-order valence-electron chi connectivity index (χ4n) is 2.28. The highest BCUT2D eigenvalue weighted by Gasteiger charge is 2.27. The molecule has 2 amide bonds. The van der Waals surface area contributed by atoms with E-state index in [-0.39, 0.29) is 17.7 Å². The fraction of sp³-hybridized carbons (Fsp3) is 0.429. The van der Waals surface area contributed by atoms with Gasteiger partial charge in [0, 0.05) is 25.2 Å². The number of carbonyl (C=O) groups is 2. The Bertz CT molecular complexity index is 474. The number of hydrogen-bond donors (Lipinski definition) is 3. The Morgan fingerprint density at radius 3 is 2.89 bits per heavy atom. The van der Waals surface area contributed by atoms with E-state index in [1.165, 1.54) is 0 Å². The van der Waals surface area contributed by atoms with Crippen molar-refractivity contribution in [1.82, 2.24) is 5.32 Å². The molecule has 2 rings (SSSR count). The van der Waals surface area contributed by atoms with Gasteiger partial charge in [0.2, 0.25) is 11.8 Å². The minimum atomic E-state index is -0.291. The molecule has 102 valence electrons. The van der Waals surface area contributed by atoms with E-state index in [1.807, 2.05) is 24.3 Å². The molecule has 5 heteroatoms. The highest BCUT2D eigenvalue weighted by Crippen LogP contribution is 2.30. The summed E-state index contributed by atoms with van der Waals surface area (Å²) in [4.78, 5) is 22.6. The molecular weight excluding hydrogens is 242 g/mol. The van der Waals surface area contributed by atoms with Crippen LogP contribution in [0.5, 0.6) is 0 Å². The SMILES string of the molecule is NC(=O)CCCCNC(=O)C1CNc2ccccc21. The third-order valence-corrected chi connectivity index (χ3v) is 3.30. The number of primary amides is 1. The predicted octanol–water partition coefficient (Wildman–Crippen LogP) is 0.967. The van der Waals surface area contributed by atoms with Gasteiger partial charge in [-0.2, -0.15) is 0 Å². The number of fused-ring (bicyclic) bond motifs is 1. The van der Waals surface area contributed by atoms with E-state index in [1.54, 1.807) is 0 Å². The minimum Gasteiger partial charge on any atom is -0.384 e. The van der Waals surface area contributed by atoms with Crippen LogP contribution in [-0.2, 0) is 9.59 Å². The van der Waals surface area contributed by atoms with Crippen LogP contribution in [0.15, 0.2) is 24.3 Å². The zero-order valence-electron chi connectivity index (χ0n) is 10.8. The van der Waals surface area contributed by atoms with Gasteiger partial charge < -0.3 is 16.4 Å². The third-order valence-electron chi connectivity index (χ3n) is 3.30. The van der Waals surface area contributed by atoms with Gasteiger partial charge >= 0.3 is 0 Å². The van der Waals surface area contributed by atoms with Crippen molar-refractivity contribution in [3.63, 3.8) is 0 Å². The number of anilines is 1. The summed E-state index contributed by atoms with van der Waals surface area (Å²) in [5.41, 5.74) is 7.14. The average Bonchev–Trinajstić information content (AvgIpc) is 2.81. The first-order valence-corrected chi connectivity index (χ1v) is 6.57. The Balaban J connectivity index is 1.77. The van der Waals surface area contributed by atoms with Crippen molar-refractivity contribution in [2.24, 2.45) is 5.73 Å². The topological polar surface area (TPSA) is 84.2 Å². The van der Waals surface area contributed by atoms with Crippen LogP contribution in [-0.4, -0.2) is 24.9 Å². The highest BCUT2D eigenvalue weighted by molar-refractivity contribution is 5.88. The summed E-state index contributed by atoms with van der Waals surface area (Å²) < 4.78 is 0. The molecule has 0 fully saturated rings. The van der Waals surface area contributed by atoms with Crippen molar-refractivity contribution in [1.29, 1.82) is 0 Å². The molecule has 0 aromatic heterocycles. The van der Waals surface area contributed by atoms with Gasteiger partial charge in [-0.05, 0) is 24.5 Å². The molecule has 0 aliphatic carbocycles. The Morgan fingerprint density at radius 1 is 1.32 bits per heavy atom. The number of hydrogen-bond acceptors (Lipinski definition) is 3. The Hall–Kier alpha value is -2.04. The molecule has 0 saturated heterocycles. The van der Waals surface area contributed by atoms with E-state index >= 15 is 0 Å². The summed E-state index contributed by atoms with van der Waals surface area (Å²) in [7, 11) is 0. The van der Waals surface area contributed by atoms with Crippen molar-refractivity contribution in [2.75, 3.05) is 18.4 Å². The lowest BCUT2D eigenvalue weighted by atomic mass is 10.0. The Morgan fingerprint density at radius 2 is 2.11 bits per heavy atom. The van der Waals surface area contributed by atoms with Crippen molar-refractivity contribution in [3.05, 3.63) is 29.8 Å². The lowest BCUT2D eigenvalue weighted by Gasteiger charge is -2.10. The molecule has 1 aromatic rings. The van der Waals surface area contributed by atoms with Crippen LogP contribution in [0.25, 0.3) is 0 Å². The summed E-state index contributed by atoms with van der Waals surface area (Å²) in [6.45, 7) is 1.23. The van der Waals surface area contributed by atoms with Gasteiger partial charge in [-0.1, -0.05) is 18.2 Å². The Labute approximate surface area is 112 Å². The first-order chi connectivity index (χ1) is 9.18. The monoisotopic (exact) mass is 261 g/mol. The van der Waals surface area contributed by atoms with Gasteiger partial charge in [0.1, 0.15) is 0 Å². The molecule has 1 aliphatic heterocycles. The maximum atomic E-state index is 12.1. The van der Waals surface area contributed by atoms with Gasteiger partial charge in [-0.25, -0.2) is 0 Å². The first-order valence-electron chi connectivity index (χ1n) is 6.57. The van der Waals surface area contributed by atoms with Gasteiger partial charge in [0.25, 0.3) is 0 Å². The summed E-state index contributed by atoms with van der Waals surface area (Å²) in [5, 5.41) is 6.13. The zero-order chi connectivity index (χ0) is 13.7. The van der Waals surface area contributed by atoms with Crippen molar-refractivity contribution in [3.8, 4) is 0 Å². The average molecular weight is 261 g/mol. The fourth-order valence-corrected chi connectivity index (χ4v) is 2.28. The third kappa shape index (κ3) is 3.47. The number of unbranched alkanes of at least 4 members (excludes halogenated alkanes) is 1. The summed E-state index contributed by atoms with van der Waals surface area (Å²) in [5.74, 6) is -0.371. The van der Waals surface area contributed by atoms with E-state index < -0.39 is 0 Å². The van der Waals surface area contributed by atoms with Crippen LogP contribution in [0.4, 0.5) is 5.69 Å². The van der Waals surface area contributed by atoms with Crippen LogP contribution in [0.2, 0.25) is 0 Å². The predicted molar refractivity (Wildman–Crippen MR) is 73.7 cm³/mol. The normalized spacial score (nSPS) is 16.5. The van der Waals surface area contributed by atoms with Crippen LogP contribution in [0, 0.1) is 0 Å². The van der Waals surface area contributed by atoms with Crippen LogP contribution < -0.4 is 16.4 Å². The van der Waals surface area contributed by atoms with Gasteiger partial charge in [0.05, 0.1) is 5.92 Å². The molecule has 1 aromatic carbocycles. The van der Waals surface area contributed by atoms with Gasteiger partial charge in [-0.3, -0.25) is 9.59 Å².